The van der Waals surface area contributed by atoms with E-state index in [1.165, 1.54) is 12.8 Å². The summed E-state index contributed by atoms with van der Waals surface area (Å²) in [6.07, 6.45) is 6.21. The van der Waals surface area contributed by atoms with Crippen molar-refractivity contribution in [3.63, 3.8) is 0 Å². The van der Waals surface area contributed by atoms with Crippen molar-refractivity contribution in [1.29, 1.82) is 0 Å². The van der Waals surface area contributed by atoms with Gasteiger partial charge in [-0.05, 0) is 24.0 Å². The molecule has 0 radical (unpaired) electrons. The van der Waals surface area contributed by atoms with Crippen LogP contribution in [-0.2, 0) is 7.05 Å². The van der Waals surface area contributed by atoms with E-state index in [0.717, 1.165) is 16.7 Å². The fourth-order valence-corrected chi connectivity index (χ4v) is 3.49. The molecule has 0 saturated carbocycles. The average Bonchev–Trinajstić information content (AvgIpc) is 2.67. The number of nitrogens with zero attached hydrogens (tertiary/aromatic N) is 2. The lowest BCUT2D eigenvalue weighted by Crippen LogP contribution is -2.24. The molecule has 0 aliphatic heterocycles. The summed E-state index contributed by atoms with van der Waals surface area (Å²) in [6, 6.07) is 0. The first-order chi connectivity index (χ1) is 7.17. The van der Waals surface area contributed by atoms with Crippen LogP contribution in [0.5, 0.6) is 0 Å². The highest BCUT2D eigenvalue weighted by molar-refractivity contribution is 7.99. The number of thioether (sulfide) groups is 1. The third kappa shape index (κ3) is 3.18. The highest BCUT2D eigenvalue weighted by Crippen LogP contribution is 2.34. The van der Waals surface area contributed by atoms with Gasteiger partial charge < -0.3 is 4.57 Å². The highest BCUT2D eigenvalue weighted by atomic mass is 32.2. The van der Waals surface area contributed by atoms with Gasteiger partial charge in [0.25, 0.3) is 0 Å². The van der Waals surface area contributed by atoms with Gasteiger partial charge in [-0.1, -0.05) is 25.6 Å². The molecule has 0 aromatic carbocycles. The first-order valence-electron chi connectivity index (χ1n) is 5.38. The molecule has 1 aromatic heterocycles. The van der Waals surface area contributed by atoms with Crippen molar-refractivity contribution in [3.8, 4) is 0 Å². The summed E-state index contributed by atoms with van der Waals surface area (Å²) in [5.41, 5.74) is 0.361. The van der Waals surface area contributed by atoms with E-state index in [-0.39, 0.29) is 0 Å². The average molecular weight is 244 g/mol. The molecule has 0 atom stereocenters. The molecule has 0 aliphatic carbocycles. The summed E-state index contributed by atoms with van der Waals surface area (Å²) in [5, 5.41) is 1.10. The van der Waals surface area contributed by atoms with Gasteiger partial charge in [0.15, 0.2) is 5.16 Å². The molecule has 15 heavy (non-hydrogen) atoms. The van der Waals surface area contributed by atoms with Crippen molar-refractivity contribution in [1.82, 2.24) is 9.55 Å². The minimum atomic E-state index is 0.361. The Balaban J connectivity index is 2.58. The van der Waals surface area contributed by atoms with Gasteiger partial charge >= 0.3 is 0 Å². The largest absolute Gasteiger partial charge is 0.329 e. The van der Waals surface area contributed by atoms with E-state index in [4.69, 9.17) is 0 Å². The number of thiol groups is 1. The SMILES string of the molecule is CCC(CC)(CS)CSc1nccn1C. The Labute approximate surface area is 102 Å². The quantitative estimate of drug-likeness (QED) is 0.611. The van der Waals surface area contributed by atoms with Crippen molar-refractivity contribution in [2.75, 3.05) is 11.5 Å². The van der Waals surface area contributed by atoms with E-state index in [1.807, 2.05) is 31.2 Å². The topological polar surface area (TPSA) is 17.8 Å². The van der Waals surface area contributed by atoms with Gasteiger partial charge in [0.1, 0.15) is 0 Å². The van der Waals surface area contributed by atoms with Gasteiger partial charge in [-0.2, -0.15) is 12.6 Å². The van der Waals surface area contributed by atoms with Crippen LogP contribution in [0.25, 0.3) is 0 Å². The van der Waals surface area contributed by atoms with Gasteiger partial charge in [-0.3, -0.25) is 0 Å². The van der Waals surface area contributed by atoms with Crippen LogP contribution < -0.4 is 0 Å². The molecule has 1 rings (SSSR count). The second-order valence-electron chi connectivity index (χ2n) is 3.97. The van der Waals surface area contributed by atoms with E-state index in [0.29, 0.717) is 5.41 Å². The first-order valence-corrected chi connectivity index (χ1v) is 7.00. The number of aryl methyl sites for hydroxylation is 1. The molecular weight excluding hydrogens is 224 g/mol. The molecule has 1 aromatic rings. The highest BCUT2D eigenvalue weighted by Gasteiger charge is 2.25. The maximum Gasteiger partial charge on any atom is 0.167 e. The zero-order valence-corrected chi connectivity index (χ0v) is 11.4. The van der Waals surface area contributed by atoms with E-state index in [2.05, 4.69) is 36.0 Å². The van der Waals surface area contributed by atoms with Crippen LogP contribution in [0.1, 0.15) is 26.7 Å². The van der Waals surface area contributed by atoms with Gasteiger partial charge in [-0.15, -0.1) is 0 Å². The third-order valence-corrected chi connectivity index (χ3v) is 5.20. The molecule has 0 unspecified atom stereocenters. The zero-order chi connectivity index (χ0) is 11.3. The Morgan fingerprint density at radius 3 is 2.53 bits per heavy atom. The van der Waals surface area contributed by atoms with Crippen LogP contribution in [0.15, 0.2) is 17.6 Å². The van der Waals surface area contributed by atoms with E-state index in [9.17, 15) is 0 Å². The third-order valence-electron chi connectivity index (χ3n) is 3.12. The lowest BCUT2D eigenvalue weighted by Gasteiger charge is -2.29. The Morgan fingerprint density at radius 2 is 2.13 bits per heavy atom. The molecule has 4 heteroatoms. The Morgan fingerprint density at radius 1 is 1.47 bits per heavy atom. The molecule has 0 N–H and O–H groups in total. The second kappa shape index (κ2) is 5.85. The van der Waals surface area contributed by atoms with E-state index >= 15 is 0 Å². The summed E-state index contributed by atoms with van der Waals surface area (Å²) in [6.45, 7) is 4.50. The predicted molar refractivity (Wildman–Crippen MR) is 70.8 cm³/mol. The Bertz CT molecular complexity index is 284. The van der Waals surface area contributed by atoms with Gasteiger partial charge in [0.2, 0.25) is 0 Å². The Kier molecular flexibility index (Phi) is 5.06. The van der Waals surface area contributed by atoms with E-state index < -0.39 is 0 Å². The molecule has 0 bridgehead atoms. The molecule has 86 valence electrons. The lowest BCUT2D eigenvalue weighted by atomic mass is 9.87. The van der Waals surface area contributed by atoms with E-state index in [1.54, 1.807) is 0 Å². The van der Waals surface area contributed by atoms with Crippen molar-refractivity contribution in [2.45, 2.75) is 31.8 Å². The maximum atomic E-state index is 4.48. The minimum absolute atomic E-state index is 0.361. The summed E-state index contributed by atoms with van der Waals surface area (Å²) >= 11 is 6.32. The summed E-state index contributed by atoms with van der Waals surface area (Å²) in [7, 11) is 2.04. The van der Waals surface area contributed by atoms with Crippen LogP contribution in [0.3, 0.4) is 0 Å². The molecule has 0 saturated heterocycles. The smallest absolute Gasteiger partial charge is 0.167 e. The van der Waals surface area contributed by atoms with Crippen molar-refractivity contribution in [3.05, 3.63) is 12.4 Å². The molecule has 0 aliphatic rings. The standard InChI is InChI=1S/C11H20N2S2/c1-4-11(5-2,8-14)9-15-10-12-6-7-13(10)3/h6-7,14H,4-5,8-9H2,1-3H3. The van der Waals surface area contributed by atoms with Crippen molar-refractivity contribution >= 4 is 24.4 Å². The second-order valence-corrected chi connectivity index (χ2v) is 5.23. The van der Waals surface area contributed by atoms with Gasteiger partial charge in [-0.25, -0.2) is 4.98 Å². The monoisotopic (exact) mass is 244 g/mol. The molecule has 0 amide bonds. The summed E-state index contributed by atoms with van der Waals surface area (Å²) in [4.78, 5) is 4.32. The number of rotatable bonds is 6. The number of imidazole rings is 1. The van der Waals surface area contributed by atoms with Crippen LogP contribution in [0.2, 0.25) is 0 Å². The number of hydrogen-bond acceptors (Lipinski definition) is 3. The fraction of sp³-hybridized carbons (Fsp3) is 0.727. The van der Waals surface area contributed by atoms with Crippen LogP contribution in [0.4, 0.5) is 0 Å². The normalized spacial score (nSPS) is 12.0. The molecule has 2 nitrogen and oxygen atoms in total. The molecule has 0 fully saturated rings. The zero-order valence-electron chi connectivity index (χ0n) is 9.73. The summed E-state index contributed by atoms with van der Waals surface area (Å²) < 4.78 is 2.07. The summed E-state index contributed by atoms with van der Waals surface area (Å²) in [5.74, 6) is 2.06. The molecule has 0 spiro atoms. The fourth-order valence-electron chi connectivity index (χ4n) is 1.43. The molecular formula is C11H20N2S2. The minimum Gasteiger partial charge on any atom is -0.329 e. The van der Waals surface area contributed by atoms with Crippen LogP contribution >= 0.6 is 24.4 Å². The predicted octanol–water partition coefficient (Wildman–Crippen LogP) is 3.25. The van der Waals surface area contributed by atoms with Crippen LogP contribution in [0, 0.1) is 5.41 Å². The van der Waals surface area contributed by atoms with Crippen LogP contribution in [-0.4, -0.2) is 21.1 Å². The Hall–Kier alpha value is -0.0900. The van der Waals surface area contributed by atoms with Crippen molar-refractivity contribution < 1.29 is 0 Å². The number of hydrogen-bond donors (Lipinski definition) is 1. The first kappa shape index (κ1) is 13.0. The van der Waals surface area contributed by atoms with Crippen molar-refractivity contribution in [2.24, 2.45) is 12.5 Å². The lowest BCUT2D eigenvalue weighted by molar-refractivity contribution is 0.357. The molecule has 1 heterocycles. The number of aromatic nitrogens is 2. The van der Waals surface area contributed by atoms with Gasteiger partial charge in [0.05, 0.1) is 0 Å². The van der Waals surface area contributed by atoms with Gasteiger partial charge in [0, 0.05) is 25.2 Å². The maximum absolute atomic E-state index is 4.48.